The summed E-state index contributed by atoms with van der Waals surface area (Å²) >= 11 is 0. The number of piperidine rings is 1. The Bertz CT molecular complexity index is 173. The lowest BCUT2D eigenvalue weighted by atomic mass is 9.89. The molecular formula is C9H15NO. The van der Waals surface area contributed by atoms with Gasteiger partial charge in [-0.2, -0.15) is 0 Å². The summed E-state index contributed by atoms with van der Waals surface area (Å²) in [6, 6.07) is 0.110. The van der Waals surface area contributed by atoms with Crippen LogP contribution in [0.5, 0.6) is 0 Å². The Morgan fingerprint density at radius 1 is 1.64 bits per heavy atom. The Labute approximate surface area is 68.2 Å². The quantitative estimate of drug-likeness (QED) is 0.507. The van der Waals surface area contributed by atoms with E-state index in [0.29, 0.717) is 0 Å². The van der Waals surface area contributed by atoms with Gasteiger partial charge in [0, 0.05) is 12.5 Å². The van der Waals surface area contributed by atoms with Crippen molar-refractivity contribution in [2.75, 3.05) is 13.6 Å². The van der Waals surface area contributed by atoms with Gasteiger partial charge >= 0.3 is 0 Å². The van der Waals surface area contributed by atoms with Crippen LogP contribution in [0.15, 0.2) is 0 Å². The minimum Gasteiger partial charge on any atom is -0.393 e. The third-order valence-corrected chi connectivity index (χ3v) is 2.53. The molecule has 62 valence electrons. The normalized spacial score (nSPS) is 40.0. The van der Waals surface area contributed by atoms with Crippen molar-refractivity contribution < 1.29 is 5.11 Å². The van der Waals surface area contributed by atoms with Crippen LogP contribution in [0.1, 0.15) is 13.3 Å². The van der Waals surface area contributed by atoms with Gasteiger partial charge in [0.25, 0.3) is 0 Å². The molecular weight excluding hydrogens is 138 g/mol. The van der Waals surface area contributed by atoms with E-state index < -0.39 is 0 Å². The first-order valence-electron chi connectivity index (χ1n) is 4.01. The third kappa shape index (κ3) is 1.55. The first-order chi connectivity index (χ1) is 5.16. The lowest BCUT2D eigenvalue weighted by Gasteiger charge is -2.37. The summed E-state index contributed by atoms with van der Waals surface area (Å²) in [5.41, 5.74) is 0. The van der Waals surface area contributed by atoms with Crippen molar-refractivity contribution in [3.8, 4) is 12.3 Å². The Balaban J connectivity index is 2.65. The van der Waals surface area contributed by atoms with Crippen LogP contribution >= 0.6 is 0 Å². The van der Waals surface area contributed by atoms with Crippen LogP contribution in [-0.4, -0.2) is 35.7 Å². The van der Waals surface area contributed by atoms with Crippen LogP contribution in [-0.2, 0) is 0 Å². The molecule has 0 aliphatic carbocycles. The maximum atomic E-state index is 9.47. The van der Waals surface area contributed by atoms with E-state index in [1.165, 1.54) is 0 Å². The van der Waals surface area contributed by atoms with Crippen molar-refractivity contribution in [2.45, 2.75) is 25.5 Å². The van der Waals surface area contributed by atoms with Gasteiger partial charge in [0.05, 0.1) is 12.1 Å². The fourth-order valence-electron chi connectivity index (χ4n) is 1.63. The lowest BCUT2D eigenvalue weighted by Crippen LogP contribution is -2.47. The molecule has 11 heavy (non-hydrogen) atoms. The highest BCUT2D eigenvalue weighted by Crippen LogP contribution is 2.21. The van der Waals surface area contributed by atoms with Gasteiger partial charge in [0.2, 0.25) is 0 Å². The number of terminal acetylenes is 1. The van der Waals surface area contributed by atoms with E-state index in [0.717, 1.165) is 13.0 Å². The molecule has 1 heterocycles. The molecule has 1 fully saturated rings. The molecule has 0 bridgehead atoms. The highest BCUT2D eigenvalue weighted by atomic mass is 16.3. The minimum atomic E-state index is -0.216. The minimum absolute atomic E-state index is 0.110. The molecule has 2 nitrogen and oxygen atoms in total. The maximum absolute atomic E-state index is 9.47. The molecule has 1 N–H and O–H groups in total. The molecule has 0 spiro atoms. The summed E-state index contributed by atoms with van der Waals surface area (Å²) in [7, 11) is 2.01. The van der Waals surface area contributed by atoms with Crippen molar-refractivity contribution >= 4 is 0 Å². The zero-order valence-electron chi connectivity index (χ0n) is 7.12. The summed E-state index contributed by atoms with van der Waals surface area (Å²) in [5, 5.41) is 9.47. The van der Waals surface area contributed by atoms with Gasteiger partial charge in [0.1, 0.15) is 0 Å². The van der Waals surface area contributed by atoms with Gasteiger partial charge < -0.3 is 5.11 Å². The van der Waals surface area contributed by atoms with Crippen LogP contribution in [0.4, 0.5) is 0 Å². The molecule has 1 aliphatic rings. The maximum Gasteiger partial charge on any atom is 0.0760 e. The average molecular weight is 153 g/mol. The number of hydrogen-bond acceptors (Lipinski definition) is 2. The standard InChI is InChI=1S/C9H15NO/c1-4-8-7(2)9(11)5-6-10(8)3/h1,7-9,11H,5-6H2,2-3H3. The SMILES string of the molecule is C#CC1C(C)C(O)CCN1C. The number of nitrogens with zero attached hydrogens (tertiary/aromatic N) is 1. The van der Waals surface area contributed by atoms with Gasteiger partial charge in [0.15, 0.2) is 0 Å². The molecule has 0 aromatic heterocycles. The second-order valence-electron chi connectivity index (χ2n) is 3.31. The summed E-state index contributed by atoms with van der Waals surface area (Å²) in [5.74, 6) is 2.91. The first-order valence-corrected chi connectivity index (χ1v) is 4.01. The molecule has 0 saturated carbocycles. The topological polar surface area (TPSA) is 23.5 Å². The van der Waals surface area contributed by atoms with Crippen LogP contribution in [0.2, 0.25) is 0 Å². The summed E-state index contributed by atoms with van der Waals surface area (Å²) in [6.45, 7) is 2.91. The van der Waals surface area contributed by atoms with Crippen LogP contribution in [0.25, 0.3) is 0 Å². The van der Waals surface area contributed by atoms with Gasteiger partial charge in [-0.05, 0) is 13.5 Å². The molecule has 0 aromatic carbocycles. The molecule has 1 saturated heterocycles. The second-order valence-corrected chi connectivity index (χ2v) is 3.31. The van der Waals surface area contributed by atoms with E-state index in [1.54, 1.807) is 0 Å². The number of rotatable bonds is 0. The van der Waals surface area contributed by atoms with Crippen molar-refractivity contribution in [1.29, 1.82) is 0 Å². The highest BCUT2D eigenvalue weighted by Gasteiger charge is 2.30. The van der Waals surface area contributed by atoms with E-state index in [4.69, 9.17) is 6.42 Å². The fraction of sp³-hybridized carbons (Fsp3) is 0.778. The van der Waals surface area contributed by atoms with Crippen molar-refractivity contribution in [2.24, 2.45) is 5.92 Å². The molecule has 3 unspecified atom stereocenters. The molecule has 0 radical (unpaired) electrons. The smallest absolute Gasteiger partial charge is 0.0760 e. The number of aliphatic hydroxyl groups is 1. The van der Waals surface area contributed by atoms with Crippen LogP contribution in [0.3, 0.4) is 0 Å². The average Bonchev–Trinajstić information content (AvgIpc) is 1.99. The monoisotopic (exact) mass is 153 g/mol. The summed E-state index contributed by atoms with van der Waals surface area (Å²) in [6.07, 6.45) is 5.97. The van der Waals surface area contributed by atoms with Crippen molar-refractivity contribution in [1.82, 2.24) is 4.90 Å². The largest absolute Gasteiger partial charge is 0.393 e. The second kappa shape index (κ2) is 3.25. The van der Waals surface area contributed by atoms with E-state index in [-0.39, 0.29) is 18.1 Å². The Kier molecular flexibility index (Phi) is 2.53. The number of likely N-dealkylation sites (tertiary alicyclic amines) is 1. The predicted molar refractivity (Wildman–Crippen MR) is 45.0 cm³/mol. The van der Waals surface area contributed by atoms with E-state index >= 15 is 0 Å². The zero-order valence-corrected chi connectivity index (χ0v) is 7.12. The van der Waals surface area contributed by atoms with Crippen molar-refractivity contribution in [3.63, 3.8) is 0 Å². The van der Waals surface area contributed by atoms with E-state index in [1.807, 2.05) is 14.0 Å². The lowest BCUT2D eigenvalue weighted by molar-refractivity contribution is 0.0233. The highest BCUT2D eigenvalue weighted by molar-refractivity contribution is 5.05. The first kappa shape index (κ1) is 8.58. The predicted octanol–water partition coefficient (Wildman–Crippen LogP) is 0.321. The Morgan fingerprint density at radius 2 is 2.27 bits per heavy atom. The van der Waals surface area contributed by atoms with Crippen LogP contribution in [0, 0.1) is 18.3 Å². The fourth-order valence-corrected chi connectivity index (χ4v) is 1.63. The third-order valence-electron chi connectivity index (χ3n) is 2.53. The molecule has 0 amide bonds. The molecule has 2 heteroatoms. The number of hydrogen-bond donors (Lipinski definition) is 1. The molecule has 0 aromatic rings. The Morgan fingerprint density at radius 3 is 2.73 bits per heavy atom. The molecule has 1 rings (SSSR count). The van der Waals surface area contributed by atoms with Crippen molar-refractivity contribution in [3.05, 3.63) is 0 Å². The van der Waals surface area contributed by atoms with Gasteiger partial charge in [-0.25, -0.2) is 0 Å². The van der Waals surface area contributed by atoms with Gasteiger partial charge in [-0.15, -0.1) is 6.42 Å². The Hall–Kier alpha value is -0.520. The molecule has 1 aliphatic heterocycles. The number of aliphatic hydroxyl groups excluding tert-OH is 1. The summed E-state index contributed by atoms with van der Waals surface area (Å²) in [4.78, 5) is 2.12. The molecule has 3 atom stereocenters. The van der Waals surface area contributed by atoms with Gasteiger partial charge in [-0.1, -0.05) is 12.8 Å². The van der Waals surface area contributed by atoms with E-state index in [9.17, 15) is 5.11 Å². The van der Waals surface area contributed by atoms with E-state index in [2.05, 4.69) is 10.8 Å². The van der Waals surface area contributed by atoms with Gasteiger partial charge in [-0.3, -0.25) is 4.90 Å². The van der Waals surface area contributed by atoms with Crippen LogP contribution < -0.4 is 0 Å². The summed E-state index contributed by atoms with van der Waals surface area (Å²) < 4.78 is 0. The zero-order chi connectivity index (χ0) is 8.43.